The summed E-state index contributed by atoms with van der Waals surface area (Å²) in [6.45, 7) is 11.0. The molecule has 2 N–H and O–H groups in total. The standard InChI is InChI=1S/C48H53FN9O6P/c1-7-65(62,8-2)39-12-10-33(25-37(39)50-6)56-19-20-57(47(56)61)43-40-30(5)55(18-13-36(40)52-58(43)34-23-28(3)42(49)29(4)24-34)44(59)35-27-54-26-32(31-14-21-63-22-15-31)9-11-38(54)41(35)48(16-17-48)45-51-46(60)64-53-45/h9-12,19-20,23-27,30-31,50H,7-8,13-18,21-22H2,1-6H3,(H,51,53,60)/t30-/m0/s1. The van der Waals surface area contributed by atoms with Gasteiger partial charge in [0.15, 0.2) is 5.82 Å². The summed E-state index contributed by atoms with van der Waals surface area (Å²) < 4.78 is 46.4. The lowest BCUT2D eigenvalue weighted by molar-refractivity contribution is 0.0675. The molecule has 7 heterocycles. The van der Waals surface area contributed by atoms with Crippen LogP contribution in [0.15, 0.2) is 81.4 Å². The fourth-order valence-corrected chi connectivity index (χ4v) is 12.5. The zero-order valence-electron chi connectivity index (χ0n) is 37.5. The van der Waals surface area contributed by atoms with Crippen molar-refractivity contribution in [2.45, 2.75) is 84.1 Å². The maximum absolute atomic E-state index is 15.4. The number of nitrogens with zero attached hydrogens (tertiary/aromatic N) is 7. The van der Waals surface area contributed by atoms with Gasteiger partial charge >= 0.3 is 11.4 Å². The van der Waals surface area contributed by atoms with E-state index in [4.69, 9.17) is 14.4 Å². The molecule has 338 valence electrons. The van der Waals surface area contributed by atoms with Crippen LogP contribution in [0.4, 0.5) is 10.1 Å². The van der Waals surface area contributed by atoms with Gasteiger partial charge in [0.05, 0.1) is 39.6 Å². The van der Waals surface area contributed by atoms with Crippen molar-refractivity contribution in [2.75, 3.05) is 44.4 Å². The number of aryl methyl sites for hydroxylation is 2. The molecule has 1 saturated heterocycles. The molecule has 2 aromatic carbocycles. The molecule has 15 nitrogen and oxygen atoms in total. The van der Waals surface area contributed by atoms with E-state index in [9.17, 15) is 14.2 Å². The summed E-state index contributed by atoms with van der Waals surface area (Å²) in [5.74, 6) is -0.0225. The third-order valence-electron chi connectivity index (χ3n) is 14.2. The molecule has 3 aliphatic rings. The summed E-state index contributed by atoms with van der Waals surface area (Å²) in [7, 11) is -0.868. The van der Waals surface area contributed by atoms with Crippen LogP contribution in [0.5, 0.6) is 0 Å². The lowest BCUT2D eigenvalue weighted by Gasteiger charge is -2.34. The van der Waals surface area contributed by atoms with E-state index in [1.165, 1.54) is 9.13 Å². The number of rotatable bonds is 11. The van der Waals surface area contributed by atoms with E-state index in [1.54, 1.807) is 50.1 Å². The topological polar surface area (TPSA) is 167 Å². The highest BCUT2D eigenvalue weighted by Gasteiger charge is 2.53. The molecular weight excluding hydrogens is 849 g/mol. The third kappa shape index (κ3) is 6.86. The van der Waals surface area contributed by atoms with Crippen LogP contribution in [-0.2, 0) is 21.1 Å². The maximum atomic E-state index is 15.4. The Hall–Kier alpha value is -6.25. The number of hydrogen-bond acceptors (Lipinski definition) is 9. The van der Waals surface area contributed by atoms with Crippen molar-refractivity contribution in [3.8, 4) is 17.2 Å². The normalized spacial score (nSPS) is 17.5. The number of imidazole rings is 1. The van der Waals surface area contributed by atoms with Gasteiger partial charge in [0.25, 0.3) is 5.91 Å². The van der Waals surface area contributed by atoms with Crippen LogP contribution in [-0.4, -0.2) is 83.4 Å². The summed E-state index contributed by atoms with van der Waals surface area (Å²) in [5, 5.41) is 13.2. The molecule has 0 unspecified atom stereocenters. The highest BCUT2D eigenvalue weighted by atomic mass is 31.2. The monoisotopic (exact) mass is 901 g/mol. The van der Waals surface area contributed by atoms with Gasteiger partial charge in [0.1, 0.15) is 18.8 Å². The molecular formula is C48H53FN9O6P. The minimum Gasteiger partial charge on any atom is -0.387 e. The Bertz CT molecular complexity index is 3170. The summed E-state index contributed by atoms with van der Waals surface area (Å²) in [5.41, 5.74) is 6.29. The van der Waals surface area contributed by atoms with Gasteiger partial charge in [-0.3, -0.25) is 23.4 Å². The Morgan fingerprint density at radius 2 is 1.71 bits per heavy atom. The molecule has 2 aliphatic heterocycles. The zero-order valence-corrected chi connectivity index (χ0v) is 38.4. The average molecular weight is 902 g/mol. The van der Waals surface area contributed by atoms with Crippen LogP contribution in [0.2, 0.25) is 0 Å². The van der Waals surface area contributed by atoms with Crippen molar-refractivity contribution in [1.82, 2.24) is 38.4 Å². The predicted octanol–water partition coefficient (Wildman–Crippen LogP) is 7.30. The molecule has 0 radical (unpaired) electrons. The lowest BCUT2D eigenvalue weighted by atomic mass is 9.90. The Balaban J connectivity index is 1.10. The Morgan fingerprint density at radius 1 is 0.985 bits per heavy atom. The number of nitrogens with one attached hydrogen (secondary N) is 2. The van der Waals surface area contributed by atoms with Crippen LogP contribution < -0.4 is 22.1 Å². The molecule has 65 heavy (non-hydrogen) atoms. The van der Waals surface area contributed by atoms with Crippen LogP contribution in [0.1, 0.15) is 108 Å². The average Bonchev–Trinajstić information content (AvgIpc) is 3.60. The zero-order chi connectivity index (χ0) is 45.5. The van der Waals surface area contributed by atoms with Crippen molar-refractivity contribution in [2.24, 2.45) is 0 Å². The summed E-state index contributed by atoms with van der Waals surface area (Å²) >= 11 is 0. The number of carbonyl (C=O) groups is 1. The van der Waals surface area contributed by atoms with Gasteiger partial charge < -0.3 is 23.9 Å². The summed E-state index contributed by atoms with van der Waals surface area (Å²) in [4.78, 5) is 47.2. The SMILES string of the molecule is CCP(=O)(CC)c1ccc(-n2ccn(-c3c4c(nn3-c3cc(C)c(F)c(C)c3)CCN(C(=O)c3cn5cc(C6CCOCC6)ccc5c3C3(c5noc(=O)[nH]5)CC3)[C@H]4C)c2=O)cc1NC. The van der Waals surface area contributed by atoms with E-state index in [0.29, 0.717) is 108 Å². The van der Waals surface area contributed by atoms with Gasteiger partial charge in [0, 0.05) is 92.5 Å². The van der Waals surface area contributed by atoms with Crippen LogP contribution >= 0.6 is 7.14 Å². The minimum atomic E-state index is -2.65. The van der Waals surface area contributed by atoms with Crippen LogP contribution in [0, 0.1) is 19.7 Å². The first-order valence-electron chi connectivity index (χ1n) is 22.5. The van der Waals surface area contributed by atoms with Crippen LogP contribution in [0.25, 0.3) is 22.7 Å². The Kier molecular flexibility index (Phi) is 10.5. The largest absolute Gasteiger partial charge is 0.438 e. The number of ether oxygens (including phenoxy) is 1. The highest BCUT2D eigenvalue weighted by Crippen LogP contribution is 2.55. The molecule has 5 aromatic heterocycles. The van der Waals surface area contributed by atoms with E-state index in [2.05, 4.69) is 33.8 Å². The second-order valence-corrected chi connectivity index (χ2v) is 21.3. The second-order valence-electron chi connectivity index (χ2n) is 17.8. The predicted molar refractivity (Wildman–Crippen MR) is 246 cm³/mol. The van der Waals surface area contributed by atoms with Crippen molar-refractivity contribution >= 4 is 29.6 Å². The number of benzene rings is 2. The number of halogens is 1. The number of carbonyl (C=O) groups excluding carboxylic acids is 1. The van der Waals surface area contributed by atoms with E-state index in [-0.39, 0.29) is 17.4 Å². The molecule has 1 saturated carbocycles. The molecule has 7 aromatic rings. The molecule has 17 heteroatoms. The first kappa shape index (κ1) is 42.7. The molecule has 1 atom stereocenters. The van der Waals surface area contributed by atoms with E-state index in [1.807, 2.05) is 54.5 Å². The first-order valence-corrected chi connectivity index (χ1v) is 24.6. The molecule has 0 bridgehead atoms. The fourth-order valence-electron chi connectivity index (χ4n) is 10.4. The number of aromatic amines is 1. The van der Waals surface area contributed by atoms with E-state index in [0.717, 1.165) is 40.5 Å². The second kappa shape index (κ2) is 16.0. The van der Waals surface area contributed by atoms with Gasteiger partial charge in [-0.05, 0) is 105 Å². The molecule has 1 aliphatic carbocycles. The van der Waals surface area contributed by atoms with Gasteiger partial charge in [-0.25, -0.2) is 18.7 Å². The smallest absolute Gasteiger partial charge is 0.387 e. The van der Waals surface area contributed by atoms with Gasteiger partial charge in [-0.2, -0.15) is 5.10 Å². The number of hydrogen-bond donors (Lipinski definition) is 2. The van der Waals surface area contributed by atoms with Gasteiger partial charge in [-0.1, -0.05) is 25.1 Å². The molecule has 10 rings (SSSR count). The number of anilines is 1. The van der Waals surface area contributed by atoms with E-state index < -0.39 is 24.4 Å². The quantitative estimate of drug-likeness (QED) is 0.127. The molecule has 1 amide bonds. The fraction of sp³-hybridized carbons (Fsp3) is 0.396. The number of pyridine rings is 1. The number of fused-ring (bicyclic) bond motifs is 2. The van der Waals surface area contributed by atoms with Crippen molar-refractivity contribution in [1.29, 1.82) is 0 Å². The van der Waals surface area contributed by atoms with Crippen molar-refractivity contribution in [3.05, 3.63) is 139 Å². The van der Waals surface area contributed by atoms with Crippen LogP contribution in [0.3, 0.4) is 0 Å². The number of amides is 1. The lowest BCUT2D eigenvalue weighted by Crippen LogP contribution is -2.40. The summed E-state index contributed by atoms with van der Waals surface area (Å²) in [6, 6.07) is 12.6. The molecule has 0 spiro atoms. The Labute approximate surface area is 374 Å². The first-order chi connectivity index (χ1) is 31.3. The van der Waals surface area contributed by atoms with Crippen molar-refractivity contribution < 1.29 is 23.0 Å². The molecule has 2 fully saturated rings. The summed E-state index contributed by atoms with van der Waals surface area (Å²) in [6.07, 6.45) is 12.0. The minimum absolute atomic E-state index is 0.209. The number of aromatic nitrogens is 7. The van der Waals surface area contributed by atoms with E-state index >= 15 is 9.18 Å². The Morgan fingerprint density at radius 3 is 2.37 bits per heavy atom. The maximum Gasteiger partial charge on any atom is 0.438 e. The van der Waals surface area contributed by atoms with Gasteiger partial charge in [0.2, 0.25) is 0 Å². The van der Waals surface area contributed by atoms with Gasteiger partial charge in [-0.15, -0.1) is 0 Å². The third-order valence-corrected chi connectivity index (χ3v) is 17.5. The highest BCUT2D eigenvalue weighted by molar-refractivity contribution is 7.71. The van der Waals surface area contributed by atoms with Crippen molar-refractivity contribution in [3.63, 3.8) is 0 Å². The number of H-pyrrole nitrogens is 1.